The van der Waals surface area contributed by atoms with Gasteiger partial charge in [-0.1, -0.05) is 6.07 Å². The molecule has 0 spiro atoms. The summed E-state index contributed by atoms with van der Waals surface area (Å²) in [6, 6.07) is 4.89. The van der Waals surface area contributed by atoms with Crippen molar-refractivity contribution in [3.63, 3.8) is 0 Å². The van der Waals surface area contributed by atoms with Crippen molar-refractivity contribution in [3.8, 4) is 5.75 Å². The van der Waals surface area contributed by atoms with Gasteiger partial charge in [-0.05, 0) is 48.3 Å². The number of hydrogen-bond acceptors (Lipinski definition) is 4. The highest BCUT2D eigenvalue weighted by Crippen LogP contribution is 2.41. The minimum Gasteiger partial charge on any atom is -0.496 e. The molecule has 1 aliphatic rings. The fourth-order valence-corrected chi connectivity index (χ4v) is 3.20. The van der Waals surface area contributed by atoms with E-state index in [0.717, 1.165) is 25.1 Å². The molecular formula is C14H18F3NO2S. The highest BCUT2D eigenvalue weighted by Gasteiger charge is 2.31. The van der Waals surface area contributed by atoms with Crippen molar-refractivity contribution in [2.45, 2.75) is 23.4 Å². The molecule has 1 N–H and O–H groups in total. The van der Waals surface area contributed by atoms with Gasteiger partial charge in [0.2, 0.25) is 0 Å². The van der Waals surface area contributed by atoms with E-state index in [9.17, 15) is 13.2 Å². The van der Waals surface area contributed by atoms with Crippen LogP contribution < -0.4 is 4.74 Å². The van der Waals surface area contributed by atoms with Crippen molar-refractivity contribution >= 4 is 11.8 Å². The summed E-state index contributed by atoms with van der Waals surface area (Å²) in [4.78, 5) is 2.23. The molecule has 2 rings (SSSR count). The Morgan fingerprint density at radius 2 is 2.19 bits per heavy atom. The number of rotatable bonds is 5. The van der Waals surface area contributed by atoms with Gasteiger partial charge < -0.3 is 9.84 Å². The lowest BCUT2D eigenvalue weighted by atomic mass is 10.1. The Kier molecular flexibility index (Phi) is 5.40. The van der Waals surface area contributed by atoms with Crippen LogP contribution in [0, 0.1) is 5.92 Å². The molecule has 0 aliphatic carbocycles. The summed E-state index contributed by atoms with van der Waals surface area (Å²) in [6.07, 6.45) is 0.927. The van der Waals surface area contributed by atoms with E-state index < -0.39 is 5.51 Å². The van der Waals surface area contributed by atoms with Crippen LogP contribution >= 0.6 is 11.8 Å². The van der Waals surface area contributed by atoms with Gasteiger partial charge in [-0.15, -0.1) is 0 Å². The van der Waals surface area contributed by atoms with Crippen LogP contribution in [0.15, 0.2) is 23.1 Å². The molecule has 3 nitrogen and oxygen atoms in total. The summed E-state index contributed by atoms with van der Waals surface area (Å²) < 4.78 is 42.7. The molecule has 0 bridgehead atoms. The normalized spacial score (nSPS) is 20.0. The lowest BCUT2D eigenvalue weighted by Crippen LogP contribution is -2.21. The number of aliphatic hydroxyl groups excluding tert-OH is 1. The van der Waals surface area contributed by atoms with Crippen molar-refractivity contribution in [2.75, 3.05) is 26.8 Å². The largest absolute Gasteiger partial charge is 0.496 e. The Labute approximate surface area is 126 Å². The van der Waals surface area contributed by atoms with Gasteiger partial charge in [0, 0.05) is 19.7 Å². The molecule has 0 saturated carbocycles. The predicted octanol–water partition coefficient (Wildman–Crippen LogP) is 3.12. The van der Waals surface area contributed by atoms with E-state index in [1.54, 1.807) is 12.1 Å². The monoisotopic (exact) mass is 321 g/mol. The minimum absolute atomic E-state index is 0.0837. The van der Waals surface area contributed by atoms with Crippen LogP contribution in [0.25, 0.3) is 0 Å². The van der Waals surface area contributed by atoms with Crippen LogP contribution in [0.4, 0.5) is 13.2 Å². The molecule has 1 heterocycles. The van der Waals surface area contributed by atoms with E-state index in [-0.39, 0.29) is 34.9 Å². The van der Waals surface area contributed by atoms with Gasteiger partial charge in [0.05, 0.1) is 12.0 Å². The maximum absolute atomic E-state index is 12.6. The second kappa shape index (κ2) is 6.89. The van der Waals surface area contributed by atoms with Crippen molar-refractivity contribution in [3.05, 3.63) is 23.8 Å². The molecule has 21 heavy (non-hydrogen) atoms. The predicted molar refractivity (Wildman–Crippen MR) is 75.4 cm³/mol. The van der Waals surface area contributed by atoms with Crippen molar-refractivity contribution in [1.29, 1.82) is 0 Å². The Hall–Kier alpha value is -0.920. The lowest BCUT2D eigenvalue weighted by Gasteiger charge is -2.17. The molecule has 0 aromatic heterocycles. The molecule has 1 fully saturated rings. The number of halogens is 3. The van der Waals surface area contributed by atoms with Gasteiger partial charge in [0.1, 0.15) is 5.75 Å². The zero-order valence-electron chi connectivity index (χ0n) is 11.7. The van der Waals surface area contributed by atoms with Gasteiger partial charge in [-0.2, -0.15) is 13.2 Å². The van der Waals surface area contributed by atoms with Gasteiger partial charge >= 0.3 is 5.51 Å². The topological polar surface area (TPSA) is 32.7 Å². The molecule has 1 aromatic rings. The van der Waals surface area contributed by atoms with E-state index in [2.05, 4.69) is 4.90 Å². The molecule has 7 heteroatoms. The first-order valence-corrected chi connectivity index (χ1v) is 7.49. The number of benzene rings is 1. The summed E-state index contributed by atoms with van der Waals surface area (Å²) in [7, 11) is 1.36. The number of likely N-dealkylation sites (tertiary alicyclic amines) is 1. The first kappa shape index (κ1) is 16.5. The maximum Gasteiger partial charge on any atom is 0.446 e. The van der Waals surface area contributed by atoms with E-state index in [1.807, 2.05) is 0 Å². The maximum atomic E-state index is 12.6. The smallest absolute Gasteiger partial charge is 0.446 e. The van der Waals surface area contributed by atoms with Gasteiger partial charge in [0.15, 0.2) is 0 Å². The van der Waals surface area contributed by atoms with Crippen molar-refractivity contribution in [1.82, 2.24) is 4.90 Å². The van der Waals surface area contributed by atoms with Crippen molar-refractivity contribution in [2.24, 2.45) is 5.92 Å². The average Bonchev–Trinajstić information content (AvgIpc) is 2.85. The molecule has 1 saturated heterocycles. The first-order valence-electron chi connectivity index (χ1n) is 6.67. The van der Waals surface area contributed by atoms with Crippen LogP contribution in [0.1, 0.15) is 12.0 Å². The molecule has 118 valence electrons. The fraction of sp³-hybridized carbons (Fsp3) is 0.571. The second-order valence-corrected chi connectivity index (χ2v) is 6.21. The summed E-state index contributed by atoms with van der Waals surface area (Å²) >= 11 is -0.154. The van der Waals surface area contributed by atoms with E-state index in [0.29, 0.717) is 6.54 Å². The number of nitrogens with zero attached hydrogens (tertiary/aromatic N) is 1. The Morgan fingerprint density at radius 3 is 2.76 bits per heavy atom. The van der Waals surface area contributed by atoms with E-state index in [1.165, 1.54) is 13.2 Å². The van der Waals surface area contributed by atoms with Crippen LogP contribution in [0.2, 0.25) is 0 Å². The third-order valence-corrected chi connectivity index (χ3v) is 4.26. The minimum atomic E-state index is -4.33. The van der Waals surface area contributed by atoms with Gasteiger partial charge in [0.25, 0.3) is 0 Å². The third kappa shape index (κ3) is 4.79. The molecular weight excluding hydrogens is 303 g/mol. The number of ether oxygens (including phenoxy) is 1. The van der Waals surface area contributed by atoms with Crippen molar-refractivity contribution < 1.29 is 23.0 Å². The van der Waals surface area contributed by atoms with Crippen LogP contribution in [0.3, 0.4) is 0 Å². The molecule has 0 radical (unpaired) electrons. The SMILES string of the molecule is COc1ccc(CN2CCC(CO)C2)cc1SC(F)(F)F. The summed E-state index contributed by atoms with van der Waals surface area (Å²) in [5.74, 6) is 0.503. The number of methoxy groups -OCH3 is 1. The number of alkyl halides is 3. The van der Waals surface area contributed by atoms with Crippen LogP contribution in [0.5, 0.6) is 5.75 Å². The summed E-state index contributed by atoms with van der Waals surface area (Å²) in [6.45, 7) is 2.39. The fourth-order valence-electron chi connectivity index (χ4n) is 2.49. The molecule has 1 aromatic carbocycles. The van der Waals surface area contributed by atoms with Gasteiger partial charge in [-0.3, -0.25) is 4.90 Å². The lowest BCUT2D eigenvalue weighted by molar-refractivity contribution is -0.0328. The third-order valence-electron chi connectivity index (χ3n) is 3.49. The summed E-state index contributed by atoms with van der Waals surface area (Å²) in [5.41, 5.74) is -3.51. The first-order chi connectivity index (χ1) is 9.91. The highest BCUT2D eigenvalue weighted by atomic mass is 32.2. The zero-order valence-corrected chi connectivity index (χ0v) is 12.5. The Bertz CT molecular complexity index is 482. The number of aliphatic hydroxyl groups is 1. The standard InChI is InChI=1S/C14H18F3NO2S/c1-20-12-3-2-10(6-13(12)21-14(15,16)17)7-18-5-4-11(8-18)9-19/h2-3,6,11,19H,4-5,7-9H2,1H3. The quantitative estimate of drug-likeness (QED) is 0.845. The highest BCUT2D eigenvalue weighted by molar-refractivity contribution is 8.00. The van der Waals surface area contributed by atoms with E-state index >= 15 is 0 Å². The molecule has 0 amide bonds. The van der Waals surface area contributed by atoms with Crippen LogP contribution in [-0.4, -0.2) is 42.3 Å². The van der Waals surface area contributed by atoms with Gasteiger partial charge in [-0.25, -0.2) is 0 Å². The summed E-state index contributed by atoms with van der Waals surface area (Å²) in [5, 5.41) is 9.12. The number of hydrogen-bond donors (Lipinski definition) is 1. The average molecular weight is 321 g/mol. The second-order valence-electron chi connectivity index (χ2n) is 5.11. The zero-order chi connectivity index (χ0) is 15.5. The number of thioether (sulfide) groups is 1. The molecule has 1 atom stereocenters. The Balaban J connectivity index is 2.08. The van der Waals surface area contributed by atoms with E-state index in [4.69, 9.17) is 9.84 Å². The molecule has 1 unspecified atom stereocenters. The van der Waals surface area contributed by atoms with Crippen LogP contribution in [-0.2, 0) is 6.54 Å². The Morgan fingerprint density at radius 1 is 1.43 bits per heavy atom. The molecule has 1 aliphatic heterocycles.